The van der Waals surface area contributed by atoms with E-state index >= 15 is 0 Å². The van der Waals surface area contributed by atoms with Crippen molar-refractivity contribution in [2.75, 3.05) is 5.88 Å². The molecule has 0 radical (unpaired) electrons. The molecule has 0 saturated carbocycles. The summed E-state index contributed by atoms with van der Waals surface area (Å²) in [5, 5.41) is 0. The van der Waals surface area contributed by atoms with Crippen LogP contribution in [0.3, 0.4) is 0 Å². The van der Waals surface area contributed by atoms with E-state index < -0.39 is 11.5 Å². The van der Waals surface area contributed by atoms with Gasteiger partial charge in [-0.3, -0.25) is 4.79 Å². The number of hydrogen-bond acceptors (Lipinski definition) is 2. The number of carbonyl (C=O) groups is 1. The van der Waals surface area contributed by atoms with E-state index in [0.717, 1.165) is 0 Å². The van der Waals surface area contributed by atoms with E-state index in [1.165, 1.54) is 5.56 Å². The molecule has 0 aliphatic carbocycles. The first-order chi connectivity index (χ1) is 9.05. The zero-order chi connectivity index (χ0) is 15.6. The minimum absolute atomic E-state index is 0.0207. The first-order valence-corrected chi connectivity index (χ1v) is 7.46. The van der Waals surface area contributed by atoms with Crippen molar-refractivity contribution >= 4 is 17.4 Å². The first kappa shape index (κ1) is 17.0. The van der Waals surface area contributed by atoms with Gasteiger partial charge in [0.05, 0.1) is 5.88 Å². The lowest BCUT2D eigenvalue weighted by Gasteiger charge is -2.24. The second-order valence-corrected chi connectivity index (χ2v) is 7.46. The Hall–Kier alpha value is -1.02. The molecule has 0 saturated heterocycles. The summed E-state index contributed by atoms with van der Waals surface area (Å²) in [6, 6.07) is 7.86. The highest BCUT2D eigenvalue weighted by Crippen LogP contribution is 2.26. The van der Waals surface area contributed by atoms with Crippen molar-refractivity contribution in [1.82, 2.24) is 0 Å². The summed E-state index contributed by atoms with van der Waals surface area (Å²) in [5.74, 6) is 0.866. The summed E-state index contributed by atoms with van der Waals surface area (Å²) in [6.07, 6.45) is -0.600. The standard InChI is InChI=1S/C17H25ClO2/c1-16(2,3)12-7-9-13(10-8-12)20-14(11-18)15(19)17(4,5)6/h7-10,14H,11H2,1-6H3. The minimum atomic E-state index is -0.600. The molecule has 0 heterocycles. The zero-order valence-electron chi connectivity index (χ0n) is 13.3. The molecule has 1 rings (SSSR count). The number of Topliss-reactive ketones (excluding diaryl/α,β-unsaturated/α-hetero) is 1. The van der Waals surface area contributed by atoms with E-state index in [1.54, 1.807) is 0 Å². The van der Waals surface area contributed by atoms with Crippen LogP contribution in [0, 0.1) is 5.41 Å². The number of ether oxygens (including phenoxy) is 1. The number of rotatable bonds is 4. The third kappa shape index (κ3) is 4.52. The molecule has 0 bridgehead atoms. The third-order valence-electron chi connectivity index (χ3n) is 3.17. The van der Waals surface area contributed by atoms with Crippen LogP contribution in [0.2, 0.25) is 0 Å². The average molecular weight is 297 g/mol. The van der Waals surface area contributed by atoms with Crippen LogP contribution in [0.5, 0.6) is 5.75 Å². The molecule has 0 N–H and O–H groups in total. The predicted molar refractivity (Wildman–Crippen MR) is 84.7 cm³/mol. The maximum absolute atomic E-state index is 12.2. The van der Waals surface area contributed by atoms with Crippen LogP contribution in [0.1, 0.15) is 47.1 Å². The second kappa shape index (κ2) is 6.17. The first-order valence-electron chi connectivity index (χ1n) is 6.93. The maximum atomic E-state index is 12.2. The van der Waals surface area contributed by atoms with Crippen LogP contribution in [0.15, 0.2) is 24.3 Å². The number of alkyl halides is 1. The molecule has 1 aromatic carbocycles. The highest BCUT2D eigenvalue weighted by Gasteiger charge is 2.30. The Labute approximate surface area is 127 Å². The number of hydrogen-bond donors (Lipinski definition) is 0. The highest BCUT2D eigenvalue weighted by molar-refractivity contribution is 6.20. The second-order valence-electron chi connectivity index (χ2n) is 7.15. The summed E-state index contributed by atoms with van der Waals surface area (Å²) >= 11 is 5.88. The molecule has 0 amide bonds. The number of ketones is 1. The van der Waals surface area contributed by atoms with Gasteiger partial charge in [0, 0.05) is 5.41 Å². The molecule has 0 fully saturated rings. The summed E-state index contributed by atoms with van der Waals surface area (Å²) in [7, 11) is 0. The molecule has 0 aromatic heterocycles. The quantitative estimate of drug-likeness (QED) is 0.760. The van der Waals surface area contributed by atoms with Crippen molar-refractivity contribution in [3.63, 3.8) is 0 Å². The van der Waals surface area contributed by atoms with Gasteiger partial charge in [-0.25, -0.2) is 0 Å². The molecular formula is C17H25ClO2. The summed E-state index contributed by atoms with van der Waals surface area (Å²) < 4.78 is 5.74. The summed E-state index contributed by atoms with van der Waals surface area (Å²) in [5.41, 5.74) is 0.880. The molecule has 0 aliphatic rings. The van der Waals surface area contributed by atoms with Crippen molar-refractivity contribution < 1.29 is 9.53 Å². The average Bonchev–Trinajstić information content (AvgIpc) is 2.33. The van der Waals surface area contributed by atoms with E-state index in [1.807, 2.05) is 45.0 Å². The fraction of sp³-hybridized carbons (Fsp3) is 0.588. The maximum Gasteiger partial charge on any atom is 0.179 e. The van der Waals surface area contributed by atoms with Gasteiger partial charge < -0.3 is 4.74 Å². The van der Waals surface area contributed by atoms with Crippen LogP contribution < -0.4 is 4.74 Å². The topological polar surface area (TPSA) is 26.3 Å². The van der Waals surface area contributed by atoms with Gasteiger partial charge >= 0.3 is 0 Å². The molecule has 20 heavy (non-hydrogen) atoms. The molecular weight excluding hydrogens is 272 g/mol. The number of carbonyl (C=O) groups excluding carboxylic acids is 1. The third-order valence-corrected chi connectivity index (χ3v) is 3.45. The van der Waals surface area contributed by atoms with Crippen molar-refractivity contribution in [1.29, 1.82) is 0 Å². The Morgan fingerprint density at radius 1 is 1.10 bits per heavy atom. The lowest BCUT2D eigenvalue weighted by molar-refractivity contribution is -0.132. The van der Waals surface area contributed by atoms with Gasteiger partial charge in [-0.15, -0.1) is 11.6 Å². The van der Waals surface area contributed by atoms with Gasteiger partial charge in [0.1, 0.15) is 5.75 Å². The van der Waals surface area contributed by atoms with Crippen LogP contribution in [0.25, 0.3) is 0 Å². The van der Waals surface area contributed by atoms with Crippen molar-refractivity contribution in [2.45, 2.75) is 53.1 Å². The van der Waals surface area contributed by atoms with Crippen LogP contribution >= 0.6 is 11.6 Å². The summed E-state index contributed by atoms with van der Waals surface area (Å²) in [6.45, 7) is 12.1. The minimum Gasteiger partial charge on any atom is -0.481 e. The molecule has 1 unspecified atom stereocenters. The highest BCUT2D eigenvalue weighted by atomic mass is 35.5. The van der Waals surface area contributed by atoms with E-state index in [4.69, 9.17) is 16.3 Å². The van der Waals surface area contributed by atoms with Crippen LogP contribution in [-0.2, 0) is 10.2 Å². The van der Waals surface area contributed by atoms with Gasteiger partial charge in [0.15, 0.2) is 11.9 Å². The molecule has 2 nitrogen and oxygen atoms in total. The molecule has 0 spiro atoms. The van der Waals surface area contributed by atoms with Crippen molar-refractivity contribution in [3.8, 4) is 5.75 Å². The Morgan fingerprint density at radius 3 is 1.95 bits per heavy atom. The fourth-order valence-corrected chi connectivity index (χ4v) is 2.04. The van der Waals surface area contributed by atoms with Crippen molar-refractivity contribution in [2.24, 2.45) is 5.41 Å². The Bertz CT molecular complexity index is 449. The van der Waals surface area contributed by atoms with E-state index in [2.05, 4.69) is 20.8 Å². The lowest BCUT2D eigenvalue weighted by Crippen LogP contribution is -2.37. The SMILES string of the molecule is CC(C)(C)C(=O)C(CCl)Oc1ccc(C(C)(C)C)cc1. The van der Waals surface area contributed by atoms with Crippen LogP contribution in [-0.4, -0.2) is 17.8 Å². The van der Waals surface area contributed by atoms with Crippen LogP contribution in [0.4, 0.5) is 0 Å². The van der Waals surface area contributed by atoms with Gasteiger partial charge in [-0.2, -0.15) is 0 Å². The smallest absolute Gasteiger partial charge is 0.179 e. The van der Waals surface area contributed by atoms with Gasteiger partial charge in [-0.05, 0) is 23.1 Å². The Morgan fingerprint density at radius 2 is 1.60 bits per heavy atom. The largest absolute Gasteiger partial charge is 0.481 e. The molecule has 3 heteroatoms. The number of benzene rings is 1. The predicted octanol–water partition coefficient (Wildman–Crippen LogP) is 4.59. The normalized spacial score (nSPS) is 13.9. The molecule has 0 aliphatic heterocycles. The van der Waals surface area contributed by atoms with Gasteiger partial charge in [0.2, 0.25) is 0 Å². The molecule has 1 atom stereocenters. The fourth-order valence-electron chi connectivity index (χ4n) is 1.84. The van der Waals surface area contributed by atoms with Crippen molar-refractivity contribution in [3.05, 3.63) is 29.8 Å². The van der Waals surface area contributed by atoms with E-state index in [0.29, 0.717) is 5.75 Å². The van der Waals surface area contributed by atoms with Gasteiger partial charge in [0.25, 0.3) is 0 Å². The number of halogens is 1. The summed E-state index contributed by atoms with van der Waals surface area (Å²) in [4.78, 5) is 12.2. The van der Waals surface area contributed by atoms with E-state index in [-0.39, 0.29) is 17.1 Å². The van der Waals surface area contributed by atoms with E-state index in [9.17, 15) is 4.79 Å². The lowest BCUT2D eigenvalue weighted by atomic mass is 9.87. The zero-order valence-corrected chi connectivity index (χ0v) is 14.0. The van der Waals surface area contributed by atoms with Gasteiger partial charge in [-0.1, -0.05) is 53.7 Å². The monoisotopic (exact) mass is 296 g/mol. The Balaban J connectivity index is 2.84. The molecule has 1 aromatic rings. The molecule has 112 valence electrons. The Kier molecular flexibility index (Phi) is 5.26.